The molecule has 0 bridgehead atoms. The number of benzene rings is 2. The van der Waals surface area contributed by atoms with Crippen LogP contribution in [0.3, 0.4) is 0 Å². The lowest BCUT2D eigenvalue weighted by Crippen LogP contribution is -2.28. The van der Waals surface area contributed by atoms with Crippen LogP contribution in [0.1, 0.15) is 28.8 Å². The average Bonchev–Trinajstić information content (AvgIpc) is 2.88. The Morgan fingerprint density at radius 3 is 2.08 bits per heavy atom. The standard InChI is InChI=1S/C18H14F2N2O3/c19-13-2-1-3-14(20)17(13)18(25)21-12-6-4-11(5-7-12)10-22-15(23)8-9-16(22)24/h1-7H,8-10H2,(H,21,25). The van der Waals surface area contributed by atoms with Crippen molar-refractivity contribution in [3.8, 4) is 0 Å². The summed E-state index contributed by atoms with van der Waals surface area (Å²) < 4.78 is 27.2. The van der Waals surface area contributed by atoms with Crippen LogP contribution in [0, 0.1) is 11.6 Å². The van der Waals surface area contributed by atoms with Gasteiger partial charge < -0.3 is 5.32 Å². The van der Waals surface area contributed by atoms with E-state index in [1.165, 1.54) is 23.1 Å². The Morgan fingerprint density at radius 1 is 0.960 bits per heavy atom. The molecular weight excluding hydrogens is 330 g/mol. The zero-order valence-electron chi connectivity index (χ0n) is 13.1. The average molecular weight is 344 g/mol. The SMILES string of the molecule is O=C(Nc1ccc(CN2C(=O)CCC2=O)cc1)c1c(F)cccc1F. The fourth-order valence-corrected chi connectivity index (χ4v) is 2.58. The van der Waals surface area contributed by atoms with Gasteiger partial charge in [0.15, 0.2) is 0 Å². The summed E-state index contributed by atoms with van der Waals surface area (Å²) in [4.78, 5) is 36.4. The van der Waals surface area contributed by atoms with Crippen LogP contribution in [0.25, 0.3) is 0 Å². The third-order valence-corrected chi connectivity index (χ3v) is 3.90. The minimum atomic E-state index is -0.944. The summed E-state index contributed by atoms with van der Waals surface area (Å²) >= 11 is 0. The Bertz CT molecular complexity index is 814. The Balaban J connectivity index is 1.69. The predicted octanol–water partition coefficient (Wildman–Crippen LogP) is 2.87. The Labute approximate surface area is 142 Å². The van der Waals surface area contributed by atoms with Crippen molar-refractivity contribution in [1.29, 1.82) is 0 Å². The van der Waals surface area contributed by atoms with Gasteiger partial charge in [-0.15, -0.1) is 0 Å². The first kappa shape index (κ1) is 16.8. The van der Waals surface area contributed by atoms with Crippen molar-refractivity contribution >= 4 is 23.4 Å². The second-order valence-electron chi connectivity index (χ2n) is 5.62. The van der Waals surface area contributed by atoms with Crippen molar-refractivity contribution in [2.75, 3.05) is 5.32 Å². The van der Waals surface area contributed by atoms with Gasteiger partial charge in [-0.3, -0.25) is 19.3 Å². The van der Waals surface area contributed by atoms with Gasteiger partial charge in [0.25, 0.3) is 5.91 Å². The molecule has 3 amide bonds. The molecule has 0 spiro atoms. The Morgan fingerprint density at radius 2 is 1.52 bits per heavy atom. The number of imide groups is 1. The summed E-state index contributed by atoms with van der Waals surface area (Å²) in [6.07, 6.45) is 0.447. The lowest BCUT2D eigenvalue weighted by molar-refractivity contribution is -0.139. The molecule has 0 aliphatic carbocycles. The number of carbonyl (C=O) groups excluding carboxylic acids is 3. The van der Waals surface area contributed by atoms with E-state index in [0.717, 1.165) is 12.1 Å². The van der Waals surface area contributed by atoms with Crippen LogP contribution in [0.5, 0.6) is 0 Å². The molecule has 25 heavy (non-hydrogen) atoms. The molecule has 3 rings (SSSR count). The zero-order valence-corrected chi connectivity index (χ0v) is 13.1. The number of nitrogens with one attached hydrogen (secondary N) is 1. The van der Waals surface area contributed by atoms with Gasteiger partial charge in [0.05, 0.1) is 6.54 Å². The Kier molecular flexibility index (Phi) is 4.56. The fourth-order valence-electron chi connectivity index (χ4n) is 2.58. The fraction of sp³-hybridized carbons (Fsp3) is 0.167. The molecule has 2 aromatic carbocycles. The van der Waals surface area contributed by atoms with Crippen molar-refractivity contribution < 1.29 is 23.2 Å². The van der Waals surface area contributed by atoms with E-state index in [1.807, 2.05) is 0 Å². The van der Waals surface area contributed by atoms with Gasteiger partial charge >= 0.3 is 0 Å². The summed E-state index contributed by atoms with van der Waals surface area (Å²) in [5, 5.41) is 2.41. The predicted molar refractivity (Wildman–Crippen MR) is 85.5 cm³/mol. The van der Waals surface area contributed by atoms with Gasteiger partial charge in [-0.25, -0.2) is 8.78 Å². The molecule has 1 fully saturated rings. The van der Waals surface area contributed by atoms with Gasteiger partial charge in [0.1, 0.15) is 17.2 Å². The number of likely N-dealkylation sites (tertiary alicyclic amines) is 1. The van der Waals surface area contributed by atoms with Crippen LogP contribution < -0.4 is 5.32 Å². The molecule has 0 saturated carbocycles. The number of carbonyl (C=O) groups is 3. The normalized spacial score (nSPS) is 14.1. The lowest BCUT2D eigenvalue weighted by Gasteiger charge is -2.14. The number of amides is 3. The number of hydrogen-bond acceptors (Lipinski definition) is 3. The van der Waals surface area contributed by atoms with Crippen LogP contribution in [-0.2, 0) is 16.1 Å². The van der Waals surface area contributed by atoms with Crippen molar-refractivity contribution in [3.63, 3.8) is 0 Å². The molecule has 128 valence electrons. The van der Waals surface area contributed by atoms with Crippen molar-refractivity contribution in [2.45, 2.75) is 19.4 Å². The van der Waals surface area contributed by atoms with Crippen LogP contribution in [0.15, 0.2) is 42.5 Å². The summed E-state index contributed by atoms with van der Waals surface area (Å²) in [6.45, 7) is 0.161. The van der Waals surface area contributed by atoms with Crippen molar-refractivity contribution in [3.05, 3.63) is 65.2 Å². The highest BCUT2D eigenvalue weighted by Gasteiger charge is 2.28. The topological polar surface area (TPSA) is 66.5 Å². The van der Waals surface area contributed by atoms with Gasteiger partial charge in [0, 0.05) is 18.5 Å². The van der Waals surface area contributed by atoms with E-state index in [9.17, 15) is 23.2 Å². The molecular formula is C18H14F2N2O3. The third kappa shape index (κ3) is 3.55. The molecule has 1 saturated heterocycles. The van der Waals surface area contributed by atoms with E-state index in [4.69, 9.17) is 0 Å². The van der Waals surface area contributed by atoms with E-state index in [0.29, 0.717) is 11.3 Å². The van der Waals surface area contributed by atoms with Crippen LogP contribution in [0.4, 0.5) is 14.5 Å². The van der Waals surface area contributed by atoms with Gasteiger partial charge in [0.2, 0.25) is 11.8 Å². The maximum Gasteiger partial charge on any atom is 0.261 e. The molecule has 5 nitrogen and oxygen atoms in total. The number of halogens is 2. The molecule has 1 heterocycles. The summed E-state index contributed by atoms with van der Waals surface area (Å²) in [5.74, 6) is -3.21. The largest absolute Gasteiger partial charge is 0.322 e. The quantitative estimate of drug-likeness (QED) is 0.868. The second-order valence-corrected chi connectivity index (χ2v) is 5.62. The highest BCUT2D eigenvalue weighted by molar-refractivity contribution is 6.04. The summed E-state index contributed by atoms with van der Waals surface area (Å²) in [7, 11) is 0. The number of anilines is 1. The van der Waals surface area contributed by atoms with Gasteiger partial charge in [-0.1, -0.05) is 18.2 Å². The van der Waals surface area contributed by atoms with Crippen LogP contribution >= 0.6 is 0 Å². The minimum Gasteiger partial charge on any atom is -0.322 e. The van der Waals surface area contributed by atoms with Crippen LogP contribution in [-0.4, -0.2) is 22.6 Å². The number of rotatable bonds is 4. The maximum absolute atomic E-state index is 13.6. The smallest absolute Gasteiger partial charge is 0.261 e. The minimum absolute atomic E-state index is 0.161. The molecule has 1 N–H and O–H groups in total. The van der Waals surface area contributed by atoms with E-state index in [1.54, 1.807) is 12.1 Å². The van der Waals surface area contributed by atoms with Crippen molar-refractivity contribution in [1.82, 2.24) is 4.90 Å². The highest BCUT2D eigenvalue weighted by Crippen LogP contribution is 2.19. The first-order valence-electron chi connectivity index (χ1n) is 7.63. The monoisotopic (exact) mass is 344 g/mol. The van der Waals surface area contributed by atoms with E-state index in [-0.39, 0.29) is 31.2 Å². The third-order valence-electron chi connectivity index (χ3n) is 3.90. The first-order chi connectivity index (χ1) is 12.0. The molecule has 0 aromatic heterocycles. The lowest BCUT2D eigenvalue weighted by atomic mass is 10.1. The molecule has 1 aliphatic heterocycles. The molecule has 0 radical (unpaired) electrons. The number of nitrogens with zero attached hydrogens (tertiary/aromatic N) is 1. The molecule has 2 aromatic rings. The summed E-state index contributed by atoms with van der Waals surface area (Å²) in [5.41, 5.74) is 0.397. The second kappa shape index (κ2) is 6.80. The van der Waals surface area contributed by atoms with E-state index < -0.39 is 23.1 Å². The van der Waals surface area contributed by atoms with E-state index >= 15 is 0 Å². The molecule has 1 aliphatic rings. The van der Waals surface area contributed by atoms with Crippen molar-refractivity contribution in [2.24, 2.45) is 0 Å². The Hall–Kier alpha value is -3.09. The molecule has 7 heteroatoms. The van der Waals surface area contributed by atoms with Gasteiger partial charge in [-0.05, 0) is 29.8 Å². The van der Waals surface area contributed by atoms with Crippen LogP contribution in [0.2, 0.25) is 0 Å². The summed E-state index contributed by atoms with van der Waals surface area (Å²) in [6, 6.07) is 9.53. The zero-order chi connectivity index (χ0) is 18.0. The maximum atomic E-state index is 13.6. The van der Waals surface area contributed by atoms with E-state index in [2.05, 4.69) is 5.32 Å². The highest BCUT2D eigenvalue weighted by atomic mass is 19.1. The van der Waals surface area contributed by atoms with Gasteiger partial charge in [-0.2, -0.15) is 0 Å². The number of hydrogen-bond donors (Lipinski definition) is 1. The molecule has 0 atom stereocenters. The first-order valence-corrected chi connectivity index (χ1v) is 7.63. The molecule has 0 unspecified atom stereocenters.